The largest absolute Gasteiger partial charge is 0.339 e. The van der Waals surface area contributed by atoms with E-state index in [0.29, 0.717) is 30.2 Å². The molecule has 0 aromatic carbocycles. The average Bonchev–Trinajstić information content (AvgIpc) is 3.25. The molecule has 9 nitrogen and oxygen atoms in total. The molecule has 0 aliphatic carbocycles. The highest BCUT2D eigenvalue weighted by atomic mass is 16.5. The van der Waals surface area contributed by atoms with Crippen molar-refractivity contribution in [2.75, 3.05) is 6.54 Å². The molecular formula is C16H20N6O3. The first-order valence-electron chi connectivity index (χ1n) is 8.24. The lowest BCUT2D eigenvalue weighted by Crippen LogP contribution is -2.37. The van der Waals surface area contributed by atoms with Gasteiger partial charge in [0, 0.05) is 19.2 Å². The number of carbonyl (C=O) groups excluding carboxylic acids is 1. The Hall–Kier alpha value is -2.97. The van der Waals surface area contributed by atoms with E-state index in [1.54, 1.807) is 27.6 Å². The summed E-state index contributed by atoms with van der Waals surface area (Å²) in [6.45, 7) is 4.47. The summed E-state index contributed by atoms with van der Waals surface area (Å²) < 4.78 is 7.92. The third-order valence-electron chi connectivity index (χ3n) is 3.87. The van der Waals surface area contributed by atoms with Gasteiger partial charge in [-0.15, -0.1) is 0 Å². The number of nitrogens with zero attached hydrogens (tertiary/aromatic N) is 6. The molecule has 0 saturated carbocycles. The lowest BCUT2D eigenvalue weighted by molar-refractivity contribution is -0.132. The Morgan fingerprint density at radius 3 is 2.96 bits per heavy atom. The minimum atomic E-state index is -0.304. The zero-order valence-corrected chi connectivity index (χ0v) is 14.3. The van der Waals surface area contributed by atoms with Crippen molar-refractivity contribution in [2.24, 2.45) is 0 Å². The van der Waals surface area contributed by atoms with Crippen molar-refractivity contribution in [3.05, 3.63) is 46.7 Å². The molecule has 0 fully saturated rings. The van der Waals surface area contributed by atoms with Gasteiger partial charge in [0.1, 0.15) is 18.4 Å². The van der Waals surface area contributed by atoms with E-state index in [-0.39, 0.29) is 24.6 Å². The van der Waals surface area contributed by atoms with Gasteiger partial charge in [0.25, 0.3) is 5.56 Å². The molecule has 0 aliphatic rings. The van der Waals surface area contributed by atoms with Crippen LogP contribution in [0.1, 0.15) is 32.0 Å². The third kappa shape index (κ3) is 3.59. The average molecular weight is 344 g/mol. The van der Waals surface area contributed by atoms with E-state index in [0.717, 1.165) is 6.42 Å². The van der Waals surface area contributed by atoms with Crippen molar-refractivity contribution in [1.29, 1.82) is 0 Å². The summed E-state index contributed by atoms with van der Waals surface area (Å²) in [5, 5.41) is 7.94. The zero-order valence-electron chi connectivity index (χ0n) is 14.3. The molecule has 3 heterocycles. The fourth-order valence-corrected chi connectivity index (χ4v) is 2.54. The predicted molar refractivity (Wildman–Crippen MR) is 88.8 cm³/mol. The second-order valence-electron chi connectivity index (χ2n) is 5.66. The van der Waals surface area contributed by atoms with Gasteiger partial charge in [-0.25, -0.2) is 4.68 Å². The molecule has 132 valence electrons. The molecule has 0 aliphatic heterocycles. The number of aromatic nitrogens is 5. The SMILES string of the molecule is CCCc1nc(CN(CC)C(=O)Cn2ncn3cccc3c2=O)no1. The van der Waals surface area contributed by atoms with Gasteiger partial charge in [-0.1, -0.05) is 12.1 Å². The van der Waals surface area contributed by atoms with Crippen molar-refractivity contribution in [2.45, 2.75) is 39.8 Å². The van der Waals surface area contributed by atoms with E-state index >= 15 is 0 Å². The maximum absolute atomic E-state index is 12.5. The summed E-state index contributed by atoms with van der Waals surface area (Å²) in [6, 6.07) is 3.45. The lowest BCUT2D eigenvalue weighted by Gasteiger charge is -2.19. The maximum atomic E-state index is 12.5. The zero-order chi connectivity index (χ0) is 17.8. The predicted octanol–water partition coefficient (Wildman–Crippen LogP) is 0.880. The first-order valence-corrected chi connectivity index (χ1v) is 8.24. The van der Waals surface area contributed by atoms with Gasteiger partial charge in [0.2, 0.25) is 11.8 Å². The standard InChI is InChI=1S/C16H20N6O3/c1-3-6-14-18-13(19-25-14)9-20(4-2)15(23)10-22-16(24)12-7-5-8-21(12)11-17-22/h5,7-8,11H,3-4,6,9-10H2,1-2H3. The van der Waals surface area contributed by atoms with Crippen molar-refractivity contribution in [3.63, 3.8) is 0 Å². The van der Waals surface area contributed by atoms with Crippen molar-refractivity contribution >= 4 is 11.4 Å². The normalized spacial score (nSPS) is 11.1. The topological polar surface area (TPSA) is 98.5 Å². The van der Waals surface area contributed by atoms with Crippen LogP contribution in [0.2, 0.25) is 0 Å². The number of hydrogen-bond acceptors (Lipinski definition) is 6. The summed E-state index contributed by atoms with van der Waals surface area (Å²) in [6.07, 6.45) is 4.87. The van der Waals surface area contributed by atoms with E-state index in [4.69, 9.17) is 4.52 Å². The second-order valence-corrected chi connectivity index (χ2v) is 5.66. The summed E-state index contributed by atoms with van der Waals surface area (Å²) in [5.41, 5.74) is 0.176. The Morgan fingerprint density at radius 2 is 2.20 bits per heavy atom. The number of rotatable bonds is 7. The quantitative estimate of drug-likeness (QED) is 0.631. The van der Waals surface area contributed by atoms with E-state index in [9.17, 15) is 9.59 Å². The van der Waals surface area contributed by atoms with Crippen LogP contribution in [0.5, 0.6) is 0 Å². The number of aryl methyl sites for hydroxylation is 1. The summed E-state index contributed by atoms with van der Waals surface area (Å²) in [4.78, 5) is 30.7. The van der Waals surface area contributed by atoms with Crippen LogP contribution in [0.3, 0.4) is 0 Å². The Bertz CT molecular complexity index is 925. The van der Waals surface area contributed by atoms with Crippen molar-refractivity contribution in [3.8, 4) is 0 Å². The molecule has 0 unspecified atom stereocenters. The van der Waals surface area contributed by atoms with Crippen LogP contribution in [0.15, 0.2) is 34.0 Å². The molecule has 3 aromatic heterocycles. The number of carbonyl (C=O) groups is 1. The van der Waals surface area contributed by atoms with Gasteiger partial charge < -0.3 is 13.8 Å². The Kier molecular flexibility index (Phi) is 4.92. The highest BCUT2D eigenvalue weighted by molar-refractivity contribution is 5.75. The van der Waals surface area contributed by atoms with Crippen molar-refractivity contribution in [1.82, 2.24) is 29.2 Å². The Balaban J connectivity index is 1.72. The Morgan fingerprint density at radius 1 is 1.36 bits per heavy atom. The van der Waals surface area contributed by atoms with Crippen molar-refractivity contribution < 1.29 is 9.32 Å². The van der Waals surface area contributed by atoms with Gasteiger partial charge in [-0.2, -0.15) is 10.1 Å². The molecule has 25 heavy (non-hydrogen) atoms. The van der Waals surface area contributed by atoms with E-state index in [1.165, 1.54) is 11.0 Å². The fourth-order valence-electron chi connectivity index (χ4n) is 2.54. The Labute approximate surface area is 143 Å². The van der Waals surface area contributed by atoms with Gasteiger partial charge in [0.15, 0.2) is 5.82 Å². The lowest BCUT2D eigenvalue weighted by atomic mass is 10.3. The van der Waals surface area contributed by atoms with Crippen LogP contribution >= 0.6 is 0 Å². The number of fused-ring (bicyclic) bond motifs is 1. The summed E-state index contributed by atoms with van der Waals surface area (Å²) in [5.74, 6) is 0.799. The molecule has 0 bridgehead atoms. The second kappa shape index (κ2) is 7.29. The molecule has 0 atom stereocenters. The minimum Gasteiger partial charge on any atom is -0.339 e. The van der Waals surface area contributed by atoms with E-state index in [1.807, 2.05) is 13.8 Å². The highest BCUT2D eigenvalue weighted by Gasteiger charge is 2.17. The van der Waals surface area contributed by atoms with Crippen LogP contribution in [0, 0.1) is 0 Å². The molecule has 0 saturated heterocycles. The summed E-state index contributed by atoms with van der Waals surface area (Å²) in [7, 11) is 0. The van der Waals surface area contributed by atoms with Gasteiger partial charge >= 0.3 is 0 Å². The van der Waals surface area contributed by atoms with Crippen LogP contribution in [0.25, 0.3) is 5.52 Å². The van der Waals surface area contributed by atoms with Crippen LogP contribution in [-0.2, 0) is 24.3 Å². The molecule has 0 spiro atoms. The smallest absolute Gasteiger partial charge is 0.291 e. The maximum Gasteiger partial charge on any atom is 0.291 e. The first kappa shape index (κ1) is 16.9. The molecule has 0 radical (unpaired) electrons. The fraction of sp³-hybridized carbons (Fsp3) is 0.438. The van der Waals surface area contributed by atoms with Crippen LogP contribution < -0.4 is 5.56 Å². The molecular weight excluding hydrogens is 324 g/mol. The monoisotopic (exact) mass is 344 g/mol. The molecule has 3 aromatic rings. The molecule has 1 amide bonds. The van der Waals surface area contributed by atoms with Gasteiger partial charge in [0.05, 0.1) is 6.54 Å². The molecule has 3 rings (SSSR count). The van der Waals surface area contributed by atoms with Crippen LogP contribution in [0.4, 0.5) is 0 Å². The minimum absolute atomic E-state index is 0.131. The molecule has 0 N–H and O–H groups in total. The first-order chi connectivity index (χ1) is 12.1. The van der Waals surface area contributed by atoms with Gasteiger partial charge in [-0.3, -0.25) is 9.59 Å². The van der Waals surface area contributed by atoms with Crippen LogP contribution in [-0.4, -0.2) is 41.7 Å². The number of hydrogen-bond donors (Lipinski definition) is 0. The number of likely N-dealkylation sites (N-methyl/N-ethyl adjacent to an activating group) is 1. The highest BCUT2D eigenvalue weighted by Crippen LogP contribution is 2.05. The molecule has 9 heteroatoms. The number of amides is 1. The van der Waals surface area contributed by atoms with E-state index in [2.05, 4.69) is 15.2 Å². The summed E-state index contributed by atoms with van der Waals surface area (Å²) >= 11 is 0. The van der Waals surface area contributed by atoms with E-state index < -0.39 is 0 Å². The third-order valence-corrected chi connectivity index (χ3v) is 3.87. The van der Waals surface area contributed by atoms with Gasteiger partial charge in [-0.05, 0) is 25.5 Å².